The number of urea groups is 1. The third-order valence-electron chi connectivity index (χ3n) is 6.70. The first-order valence-corrected chi connectivity index (χ1v) is 11.9. The largest absolute Gasteiger partial charge is 0.353 e. The zero-order chi connectivity index (χ0) is 20.5. The number of hydrogen-bond donors (Lipinski definition) is 0. The van der Waals surface area contributed by atoms with Crippen LogP contribution in [-0.2, 0) is 4.79 Å². The first kappa shape index (κ1) is 19.8. The summed E-state index contributed by atoms with van der Waals surface area (Å²) in [6.45, 7) is 6.44. The number of piperazine rings is 1. The highest BCUT2D eigenvalue weighted by molar-refractivity contribution is 7.13. The van der Waals surface area contributed by atoms with Crippen LogP contribution in [0.25, 0.3) is 10.1 Å². The lowest BCUT2D eigenvalue weighted by Crippen LogP contribution is -2.54. The minimum Gasteiger partial charge on any atom is -0.353 e. The quantitative estimate of drug-likeness (QED) is 0.664. The number of carbonyl (C=O) groups excluding carboxylic acids is 2. The van der Waals surface area contributed by atoms with E-state index in [1.165, 1.54) is 15.0 Å². The van der Waals surface area contributed by atoms with Crippen molar-refractivity contribution < 1.29 is 9.59 Å². The SMILES string of the molecule is O=C1CC2CCCN2C(=O)N1CCCCN1CCN(c2nsc3ccccc23)CC1. The fourth-order valence-electron chi connectivity index (χ4n) is 4.98. The van der Waals surface area contributed by atoms with Crippen LogP contribution in [0.4, 0.5) is 10.6 Å². The number of anilines is 1. The summed E-state index contributed by atoms with van der Waals surface area (Å²) in [5, 5.41) is 1.26. The molecule has 8 heteroatoms. The van der Waals surface area contributed by atoms with E-state index in [-0.39, 0.29) is 18.0 Å². The molecule has 4 heterocycles. The van der Waals surface area contributed by atoms with Crippen LogP contribution >= 0.6 is 11.5 Å². The van der Waals surface area contributed by atoms with Gasteiger partial charge in [0.25, 0.3) is 0 Å². The molecule has 160 valence electrons. The van der Waals surface area contributed by atoms with Crippen LogP contribution in [0.5, 0.6) is 0 Å². The second-order valence-corrected chi connectivity index (χ2v) is 9.36. The van der Waals surface area contributed by atoms with E-state index in [0.29, 0.717) is 13.0 Å². The van der Waals surface area contributed by atoms with Crippen LogP contribution < -0.4 is 4.90 Å². The van der Waals surface area contributed by atoms with Crippen molar-refractivity contribution in [1.29, 1.82) is 0 Å². The van der Waals surface area contributed by atoms with Gasteiger partial charge in [0.15, 0.2) is 0 Å². The van der Waals surface area contributed by atoms with Gasteiger partial charge in [-0.1, -0.05) is 12.1 Å². The van der Waals surface area contributed by atoms with Gasteiger partial charge in [-0.3, -0.25) is 14.6 Å². The standard InChI is InChI=1S/C22H29N5O2S/c28-20-16-17-6-5-11-26(17)22(29)27(20)10-4-3-9-24-12-14-25(15-13-24)21-18-7-1-2-8-19(18)30-23-21/h1-2,7-8,17H,3-6,9-16H2. The van der Waals surface area contributed by atoms with Crippen molar-refractivity contribution >= 4 is 39.4 Å². The van der Waals surface area contributed by atoms with Gasteiger partial charge in [-0.2, -0.15) is 4.37 Å². The summed E-state index contributed by atoms with van der Waals surface area (Å²) in [6, 6.07) is 8.54. The van der Waals surface area contributed by atoms with Crippen molar-refractivity contribution in [3.8, 4) is 0 Å². The molecule has 3 amide bonds. The monoisotopic (exact) mass is 427 g/mol. The molecule has 0 aliphatic carbocycles. The smallest absolute Gasteiger partial charge is 0.326 e. The third kappa shape index (κ3) is 3.78. The average Bonchev–Trinajstić information content (AvgIpc) is 3.40. The zero-order valence-corrected chi connectivity index (χ0v) is 18.1. The fraction of sp³-hybridized carbons (Fsp3) is 0.591. The molecule has 1 unspecified atom stereocenters. The second-order valence-electron chi connectivity index (χ2n) is 8.56. The van der Waals surface area contributed by atoms with Crippen molar-refractivity contribution in [3.63, 3.8) is 0 Å². The number of imide groups is 1. The fourth-order valence-corrected chi connectivity index (χ4v) is 5.78. The molecule has 0 spiro atoms. The topological polar surface area (TPSA) is 60.0 Å². The van der Waals surface area contributed by atoms with Crippen LogP contribution in [0.2, 0.25) is 0 Å². The molecule has 1 aromatic heterocycles. The van der Waals surface area contributed by atoms with E-state index in [0.717, 1.165) is 70.8 Å². The van der Waals surface area contributed by atoms with Crippen LogP contribution in [-0.4, -0.2) is 82.9 Å². The molecular weight excluding hydrogens is 398 g/mol. The molecule has 0 bridgehead atoms. The van der Waals surface area contributed by atoms with Gasteiger partial charge in [-0.05, 0) is 55.9 Å². The van der Waals surface area contributed by atoms with E-state index < -0.39 is 0 Å². The molecule has 1 atom stereocenters. The molecule has 3 saturated heterocycles. The Morgan fingerprint density at radius 1 is 1.00 bits per heavy atom. The van der Waals surface area contributed by atoms with E-state index in [2.05, 4.69) is 38.4 Å². The van der Waals surface area contributed by atoms with Crippen molar-refractivity contribution in [2.24, 2.45) is 0 Å². The molecule has 3 aliphatic heterocycles. The van der Waals surface area contributed by atoms with Crippen LogP contribution in [0.15, 0.2) is 24.3 Å². The van der Waals surface area contributed by atoms with Crippen LogP contribution in [0, 0.1) is 0 Å². The Morgan fingerprint density at radius 2 is 1.80 bits per heavy atom. The average molecular weight is 428 g/mol. The summed E-state index contributed by atoms with van der Waals surface area (Å²) < 4.78 is 5.93. The Balaban J connectivity index is 1.06. The predicted molar refractivity (Wildman–Crippen MR) is 119 cm³/mol. The Labute approximate surface area is 181 Å². The maximum absolute atomic E-state index is 12.6. The van der Waals surface area contributed by atoms with Gasteiger partial charge >= 0.3 is 6.03 Å². The number of amides is 3. The van der Waals surface area contributed by atoms with Crippen LogP contribution in [0.3, 0.4) is 0 Å². The van der Waals surface area contributed by atoms with Gasteiger partial charge < -0.3 is 9.80 Å². The number of fused-ring (bicyclic) bond motifs is 2. The first-order valence-electron chi connectivity index (χ1n) is 11.1. The minimum absolute atomic E-state index is 0.0206. The highest BCUT2D eigenvalue weighted by Gasteiger charge is 2.40. The molecule has 3 aliphatic rings. The lowest BCUT2D eigenvalue weighted by molar-refractivity contribution is -0.132. The van der Waals surface area contributed by atoms with Gasteiger partial charge in [0.2, 0.25) is 5.91 Å². The van der Waals surface area contributed by atoms with Crippen molar-refractivity contribution in [3.05, 3.63) is 24.3 Å². The van der Waals surface area contributed by atoms with Crippen molar-refractivity contribution in [2.75, 3.05) is 50.7 Å². The maximum atomic E-state index is 12.6. The summed E-state index contributed by atoms with van der Waals surface area (Å²) in [6.07, 6.45) is 4.42. The molecule has 5 rings (SSSR count). The van der Waals surface area contributed by atoms with E-state index in [1.54, 1.807) is 11.5 Å². The highest BCUT2D eigenvalue weighted by Crippen LogP contribution is 2.30. The first-order chi connectivity index (χ1) is 14.7. The number of nitrogens with zero attached hydrogens (tertiary/aromatic N) is 5. The van der Waals surface area contributed by atoms with E-state index >= 15 is 0 Å². The minimum atomic E-state index is -0.0575. The van der Waals surface area contributed by atoms with Gasteiger partial charge in [0.05, 0.1) is 4.70 Å². The third-order valence-corrected chi connectivity index (χ3v) is 7.52. The molecule has 7 nitrogen and oxygen atoms in total. The second kappa shape index (κ2) is 8.51. The van der Waals surface area contributed by atoms with Gasteiger partial charge in [0, 0.05) is 57.1 Å². The molecule has 0 saturated carbocycles. The number of aromatic nitrogens is 1. The number of carbonyl (C=O) groups is 2. The molecule has 30 heavy (non-hydrogen) atoms. The normalized spacial score (nSPS) is 22.9. The molecular formula is C22H29N5O2S. The number of rotatable bonds is 6. The number of benzene rings is 1. The zero-order valence-electron chi connectivity index (χ0n) is 17.3. The highest BCUT2D eigenvalue weighted by atomic mass is 32.1. The summed E-state index contributed by atoms with van der Waals surface area (Å²) in [5.41, 5.74) is 0. The van der Waals surface area contributed by atoms with E-state index in [1.807, 2.05) is 4.90 Å². The van der Waals surface area contributed by atoms with Crippen molar-refractivity contribution in [2.45, 2.75) is 38.1 Å². The van der Waals surface area contributed by atoms with Gasteiger partial charge in [0.1, 0.15) is 5.82 Å². The lowest BCUT2D eigenvalue weighted by Gasteiger charge is -2.36. The summed E-state index contributed by atoms with van der Waals surface area (Å²) in [5.74, 6) is 1.14. The van der Waals surface area contributed by atoms with E-state index in [4.69, 9.17) is 0 Å². The Hall–Kier alpha value is -2.19. The van der Waals surface area contributed by atoms with Gasteiger partial charge in [-0.15, -0.1) is 0 Å². The molecule has 0 radical (unpaired) electrons. The number of hydrogen-bond acceptors (Lipinski definition) is 6. The van der Waals surface area contributed by atoms with Crippen LogP contribution in [0.1, 0.15) is 32.1 Å². The lowest BCUT2D eigenvalue weighted by atomic mass is 10.1. The Kier molecular flexibility index (Phi) is 5.60. The van der Waals surface area contributed by atoms with Gasteiger partial charge in [-0.25, -0.2) is 4.79 Å². The predicted octanol–water partition coefficient (Wildman–Crippen LogP) is 3.02. The number of unbranched alkanes of at least 4 members (excludes halogenated alkanes) is 1. The Bertz CT molecular complexity index is 923. The molecule has 2 aromatic rings. The summed E-state index contributed by atoms with van der Waals surface area (Å²) in [4.78, 5) is 33.2. The summed E-state index contributed by atoms with van der Waals surface area (Å²) >= 11 is 1.58. The molecule has 0 N–H and O–H groups in total. The summed E-state index contributed by atoms with van der Waals surface area (Å²) in [7, 11) is 0. The molecule has 1 aromatic carbocycles. The molecule has 3 fully saturated rings. The van der Waals surface area contributed by atoms with Crippen molar-refractivity contribution in [1.82, 2.24) is 19.1 Å². The Morgan fingerprint density at radius 3 is 2.67 bits per heavy atom. The van der Waals surface area contributed by atoms with E-state index in [9.17, 15) is 9.59 Å². The maximum Gasteiger partial charge on any atom is 0.326 e.